The fourth-order valence-corrected chi connectivity index (χ4v) is 4.00. The van der Waals surface area contributed by atoms with Gasteiger partial charge in [0, 0.05) is 41.9 Å². The van der Waals surface area contributed by atoms with E-state index in [9.17, 15) is 14.0 Å². The van der Waals surface area contributed by atoms with E-state index in [-0.39, 0.29) is 17.6 Å². The van der Waals surface area contributed by atoms with Crippen molar-refractivity contribution in [3.05, 3.63) is 89.7 Å². The van der Waals surface area contributed by atoms with Crippen LogP contribution in [0, 0.1) is 5.82 Å². The molecule has 0 atom stereocenters. The van der Waals surface area contributed by atoms with Crippen LogP contribution >= 0.6 is 11.8 Å². The van der Waals surface area contributed by atoms with Crippen LogP contribution in [0.3, 0.4) is 0 Å². The maximum absolute atomic E-state index is 13.2. The molecule has 0 spiro atoms. The minimum atomic E-state index is -0.308. The fraction of sp³-hybridized carbons (Fsp3) is 0.200. The zero-order valence-corrected chi connectivity index (χ0v) is 18.9. The molecule has 2 amide bonds. The lowest BCUT2D eigenvalue weighted by atomic mass is 10.2. The average molecular weight is 452 g/mol. The van der Waals surface area contributed by atoms with Crippen molar-refractivity contribution in [2.24, 2.45) is 0 Å². The van der Waals surface area contributed by atoms with Crippen LogP contribution < -0.4 is 10.6 Å². The van der Waals surface area contributed by atoms with Crippen LogP contribution in [-0.2, 0) is 11.3 Å². The highest BCUT2D eigenvalue weighted by molar-refractivity contribution is 7.99. The van der Waals surface area contributed by atoms with Crippen molar-refractivity contribution in [2.45, 2.75) is 23.3 Å². The highest BCUT2D eigenvalue weighted by atomic mass is 32.2. The summed E-state index contributed by atoms with van der Waals surface area (Å²) in [5.41, 5.74) is 2.22. The quantitative estimate of drug-likeness (QED) is 0.491. The number of likely N-dealkylation sites (N-methyl/N-ethyl adjacent to an activating group) is 1. The van der Waals surface area contributed by atoms with E-state index in [0.717, 1.165) is 16.3 Å². The van der Waals surface area contributed by atoms with Gasteiger partial charge in [0.05, 0.1) is 5.69 Å². The van der Waals surface area contributed by atoms with Gasteiger partial charge in [0.15, 0.2) is 0 Å². The highest BCUT2D eigenvalue weighted by Gasteiger charge is 2.12. The summed E-state index contributed by atoms with van der Waals surface area (Å²) in [7, 11) is 2.01. The molecule has 3 aromatic carbocycles. The smallest absolute Gasteiger partial charge is 0.251 e. The lowest BCUT2D eigenvalue weighted by molar-refractivity contribution is -0.114. The van der Waals surface area contributed by atoms with Crippen LogP contribution in [0.2, 0.25) is 0 Å². The fourth-order valence-electron chi connectivity index (χ4n) is 3.11. The molecule has 0 aliphatic heterocycles. The van der Waals surface area contributed by atoms with Crippen LogP contribution in [0.4, 0.5) is 10.1 Å². The molecular formula is C25H26FN3O2S. The van der Waals surface area contributed by atoms with Gasteiger partial charge in [-0.05, 0) is 55.1 Å². The van der Waals surface area contributed by atoms with E-state index < -0.39 is 0 Å². The van der Waals surface area contributed by atoms with Gasteiger partial charge in [-0.25, -0.2) is 4.39 Å². The van der Waals surface area contributed by atoms with Crippen LogP contribution in [0.5, 0.6) is 0 Å². The van der Waals surface area contributed by atoms with Crippen molar-refractivity contribution in [3.8, 4) is 0 Å². The summed E-state index contributed by atoms with van der Waals surface area (Å²) in [6, 6.07) is 21.4. The largest absolute Gasteiger partial charge is 0.351 e. The number of hydrogen-bond acceptors (Lipinski definition) is 4. The van der Waals surface area contributed by atoms with E-state index >= 15 is 0 Å². The molecule has 166 valence electrons. The number of carbonyl (C=O) groups is 2. The SMILES string of the molecule is CC(=O)Nc1cc(C(=O)NCCN(C)Cc2ccccc2)ccc1Sc1ccc(F)cc1. The molecule has 0 aliphatic rings. The Morgan fingerprint density at radius 2 is 1.72 bits per heavy atom. The van der Waals surface area contributed by atoms with Crippen LogP contribution in [0.15, 0.2) is 82.6 Å². The van der Waals surface area contributed by atoms with Gasteiger partial charge in [-0.1, -0.05) is 42.1 Å². The number of amides is 2. The Labute approximate surface area is 192 Å². The van der Waals surface area contributed by atoms with Crippen LogP contribution in [-0.4, -0.2) is 36.9 Å². The number of hydrogen-bond donors (Lipinski definition) is 2. The predicted molar refractivity (Wildman–Crippen MR) is 126 cm³/mol. The summed E-state index contributed by atoms with van der Waals surface area (Å²) in [6.07, 6.45) is 0. The first-order chi connectivity index (χ1) is 15.4. The van der Waals surface area contributed by atoms with Crippen molar-refractivity contribution in [3.63, 3.8) is 0 Å². The molecule has 0 heterocycles. The molecule has 0 saturated heterocycles. The molecule has 0 aromatic heterocycles. The molecule has 0 unspecified atom stereocenters. The molecule has 0 radical (unpaired) electrons. The van der Waals surface area contributed by atoms with Crippen molar-refractivity contribution in [1.29, 1.82) is 0 Å². The summed E-state index contributed by atoms with van der Waals surface area (Å²) in [5.74, 6) is -0.744. The number of nitrogens with one attached hydrogen (secondary N) is 2. The number of halogens is 1. The Morgan fingerprint density at radius 1 is 1.00 bits per heavy atom. The third-order valence-corrected chi connectivity index (χ3v) is 5.75. The molecule has 5 nitrogen and oxygen atoms in total. The van der Waals surface area contributed by atoms with Crippen molar-refractivity contribution in [2.75, 3.05) is 25.5 Å². The van der Waals surface area contributed by atoms with Gasteiger partial charge in [-0.3, -0.25) is 9.59 Å². The molecule has 0 aliphatic carbocycles. The first kappa shape index (κ1) is 23.5. The van der Waals surface area contributed by atoms with Crippen LogP contribution in [0.25, 0.3) is 0 Å². The second-order valence-electron chi connectivity index (χ2n) is 7.43. The molecule has 2 N–H and O–H groups in total. The normalized spacial score (nSPS) is 10.8. The second kappa shape index (κ2) is 11.5. The van der Waals surface area contributed by atoms with E-state index in [1.807, 2.05) is 25.2 Å². The second-order valence-corrected chi connectivity index (χ2v) is 8.54. The zero-order valence-electron chi connectivity index (χ0n) is 18.1. The maximum Gasteiger partial charge on any atom is 0.251 e. The summed E-state index contributed by atoms with van der Waals surface area (Å²) < 4.78 is 13.2. The number of nitrogens with zero attached hydrogens (tertiary/aromatic N) is 1. The van der Waals surface area contributed by atoms with Gasteiger partial charge in [-0.2, -0.15) is 0 Å². The highest BCUT2D eigenvalue weighted by Crippen LogP contribution is 2.34. The van der Waals surface area contributed by atoms with Gasteiger partial charge in [0.2, 0.25) is 5.91 Å². The molecule has 0 saturated carbocycles. The molecule has 0 fully saturated rings. The number of anilines is 1. The maximum atomic E-state index is 13.2. The summed E-state index contributed by atoms with van der Waals surface area (Å²) in [5, 5.41) is 5.71. The van der Waals surface area contributed by atoms with Gasteiger partial charge in [-0.15, -0.1) is 0 Å². The first-order valence-electron chi connectivity index (χ1n) is 10.3. The summed E-state index contributed by atoms with van der Waals surface area (Å²) >= 11 is 1.39. The topological polar surface area (TPSA) is 61.4 Å². The first-order valence-corrected chi connectivity index (χ1v) is 11.1. The van der Waals surface area contributed by atoms with Gasteiger partial charge >= 0.3 is 0 Å². The molecule has 7 heteroatoms. The molecule has 32 heavy (non-hydrogen) atoms. The van der Waals surface area contributed by atoms with E-state index in [0.29, 0.717) is 24.3 Å². The minimum Gasteiger partial charge on any atom is -0.351 e. The lowest BCUT2D eigenvalue weighted by Crippen LogP contribution is -2.32. The molecule has 0 bridgehead atoms. The third kappa shape index (κ3) is 7.21. The standard InChI is InChI=1S/C25H26FN3O2S/c1-18(30)28-23-16-20(8-13-24(23)32-22-11-9-21(26)10-12-22)25(31)27-14-15-29(2)17-19-6-4-3-5-7-19/h3-13,16H,14-15,17H2,1-2H3,(H,27,31)(H,28,30). The average Bonchev–Trinajstić information content (AvgIpc) is 2.76. The Hall–Kier alpha value is -3.16. The Morgan fingerprint density at radius 3 is 2.41 bits per heavy atom. The minimum absolute atomic E-state index is 0.206. The summed E-state index contributed by atoms with van der Waals surface area (Å²) in [6.45, 7) is 3.43. The zero-order chi connectivity index (χ0) is 22.9. The monoisotopic (exact) mass is 451 g/mol. The number of benzene rings is 3. The van der Waals surface area contributed by atoms with Gasteiger partial charge in [0.25, 0.3) is 5.91 Å². The van der Waals surface area contributed by atoms with E-state index in [1.165, 1.54) is 36.4 Å². The molecular weight excluding hydrogens is 425 g/mol. The lowest BCUT2D eigenvalue weighted by Gasteiger charge is -2.17. The van der Waals surface area contributed by atoms with E-state index in [4.69, 9.17) is 0 Å². The Balaban J connectivity index is 1.61. The van der Waals surface area contributed by atoms with Crippen molar-refractivity contribution in [1.82, 2.24) is 10.2 Å². The number of carbonyl (C=O) groups excluding carboxylic acids is 2. The molecule has 3 aromatic rings. The third-order valence-electron chi connectivity index (χ3n) is 4.67. The Bertz CT molecular complexity index is 1060. The predicted octanol–water partition coefficient (Wildman–Crippen LogP) is 4.80. The van der Waals surface area contributed by atoms with E-state index in [2.05, 4.69) is 27.7 Å². The molecule has 3 rings (SSSR count). The summed E-state index contributed by atoms with van der Waals surface area (Å²) in [4.78, 5) is 28.0. The number of rotatable bonds is 9. The van der Waals surface area contributed by atoms with Gasteiger partial charge in [0.1, 0.15) is 5.82 Å². The van der Waals surface area contributed by atoms with E-state index in [1.54, 1.807) is 30.3 Å². The van der Waals surface area contributed by atoms with Crippen molar-refractivity contribution < 1.29 is 14.0 Å². The van der Waals surface area contributed by atoms with Crippen LogP contribution in [0.1, 0.15) is 22.8 Å². The Kier molecular flexibility index (Phi) is 8.41. The van der Waals surface area contributed by atoms with Crippen molar-refractivity contribution >= 4 is 29.3 Å². The van der Waals surface area contributed by atoms with Gasteiger partial charge < -0.3 is 15.5 Å².